The van der Waals surface area contributed by atoms with Crippen molar-refractivity contribution in [3.63, 3.8) is 0 Å². The van der Waals surface area contributed by atoms with Crippen molar-refractivity contribution >= 4 is 27.4 Å². The first-order valence-electron chi connectivity index (χ1n) is 9.92. The van der Waals surface area contributed by atoms with Crippen molar-refractivity contribution in [2.45, 2.75) is 31.2 Å². The van der Waals surface area contributed by atoms with Crippen LogP contribution in [0, 0.1) is 0 Å². The zero-order chi connectivity index (χ0) is 22.6. The van der Waals surface area contributed by atoms with Crippen molar-refractivity contribution in [1.82, 2.24) is 0 Å². The molecule has 0 aliphatic heterocycles. The molecule has 3 aromatic rings. The summed E-state index contributed by atoms with van der Waals surface area (Å²) in [6.45, 7) is 4.59. The summed E-state index contributed by atoms with van der Waals surface area (Å²) in [5, 5.41) is 9.70. The first-order chi connectivity index (χ1) is 14.7. The lowest BCUT2D eigenvalue weighted by Gasteiger charge is -2.22. The van der Waals surface area contributed by atoms with Gasteiger partial charge in [0.25, 0.3) is 10.0 Å². The maximum atomic E-state index is 12.8. The van der Waals surface area contributed by atoms with Crippen molar-refractivity contribution < 1.29 is 18.3 Å². The summed E-state index contributed by atoms with van der Waals surface area (Å²) < 4.78 is 28.0. The Morgan fingerprint density at radius 1 is 1.00 bits per heavy atom. The average Bonchev–Trinajstić information content (AvgIpc) is 2.74. The zero-order valence-electron chi connectivity index (χ0n) is 17.7. The third-order valence-corrected chi connectivity index (χ3v) is 6.41. The number of carbonyl (C=O) groups is 1. The standard InChI is InChI=1S/C24H26N2O4S/c1-17(2)19-9-12-21(13-10-19)31(29,30)25-20-11-14-23(22(15-20)24(27)28)26(3)16-18-7-5-4-6-8-18/h4-15,17,25H,16H2,1-3H3,(H,27,28). The van der Waals surface area contributed by atoms with Gasteiger partial charge in [-0.3, -0.25) is 4.72 Å². The summed E-state index contributed by atoms with van der Waals surface area (Å²) in [5.74, 6) is -0.833. The van der Waals surface area contributed by atoms with E-state index in [4.69, 9.17) is 0 Å². The summed E-state index contributed by atoms with van der Waals surface area (Å²) in [6, 6.07) is 20.9. The third-order valence-electron chi connectivity index (χ3n) is 5.01. The van der Waals surface area contributed by atoms with Crippen LogP contribution >= 0.6 is 0 Å². The Balaban J connectivity index is 1.85. The molecule has 6 nitrogen and oxygen atoms in total. The van der Waals surface area contributed by atoms with Crippen LogP contribution in [-0.4, -0.2) is 26.5 Å². The number of aromatic carboxylic acids is 1. The van der Waals surface area contributed by atoms with Crippen molar-refractivity contribution in [2.24, 2.45) is 0 Å². The number of benzene rings is 3. The summed E-state index contributed by atoms with van der Waals surface area (Å²) in [5.41, 5.74) is 2.80. The van der Waals surface area contributed by atoms with Crippen LogP contribution in [-0.2, 0) is 16.6 Å². The fraction of sp³-hybridized carbons (Fsp3) is 0.208. The normalized spacial score (nSPS) is 11.4. The highest BCUT2D eigenvalue weighted by Gasteiger charge is 2.19. The molecule has 0 aliphatic rings. The lowest BCUT2D eigenvalue weighted by molar-refractivity contribution is 0.0697. The van der Waals surface area contributed by atoms with E-state index in [1.807, 2.05) is 49.1 Å². The van der Waals surface area contributed by atoms with E-state index < -0.39 is 16.0 Å². The van der Waals surface area contributed by atoms with Gasteiger partial charge in [0.1, 0.15) is 0 Å². The van der Waals surface area contributed by atoms with Crippen LogP contribution in [0.5, 0.6) is 0 Å². The van der Waals surface area contributed by atoms with Gasteiger partial charge in [-0.1, -0.05) is 56.3 Å². The van der Waals surface area contributed by atoms with Crippen LogP contribution in [0.1, 0.15) is 41.3 Å². The van der Waals surface area contributed by atoms with Gasteiger partial charge in [-0.25, -0.2) is 13.2 Å². The number of hydrogen-bond donors (Lipinski definition) is 2. The molecule has 162 valence electrons. The van der Waals surface area contributed by atoms with Gasteiger partial charge >= 0.3 is 5.97 Å². The Hall–Kier alpha value is -3.32. The van der Waals surface area contributed by atoms with E-state index in [2.05, 4.69) is 4.72 Å². The predicted octanol–water partition coefficient (Wildman–Crippen LogP) is 4.95. The number of carboxylic acids is 1. The number of sulfonamides is 1. The third kappa shape index (κ3) is 5.44. The zero-order valence-corrected chi connectivity index (χ0v) is 18.6. The second-order valence-electron chi connectivity index (χ2n) is 7.71. The maximum absolute atomic E-state index is 12.8. The topological polar surface area (TPSA) is 86.7 Å². The molecule has 3 rings (SSSR count). The molecular weight excluding hydrogens is 412 g/mol. The Labute approximate surface area is 183 Å². The lowest BCUT2D eigenvalue weighted by Crippen LogP contribution is -2.20. The van der Waals surface area contributed by atoms with E-state index >= 15 is 0 Å². The molecule has 31 heavy (non-hydrogen) atoms. The van der Waals surface area contributed by atoms with Crippen molar-refractivity contribution in [3.8, 4) is 0 Å². The van der Waals surface area contributed by atoms with Crippen LogP contribution in [0.3, 0.4) is 0 Å². The number of nitrogens with zero attached hydrogens (tertiary/aromatic N) is 1. The van der Waals surface area contributed by atoms with Gasteiger partial charge in [0, 0.05) is 19.3 Å². The summed E-state index contributed by atoms with van der Waals surface area (Å²) >= 11 is 0. The fourth-order valence-electron chi connectivity index (χ4n) is 3.29. The molecule has 0 aliphatic carbocycles. The summed E-state index contributed by atoms with van der Waals surface area (Å²) in [4.78, 5) is 13.8. The molecule has 0 fully saturated rings. The Morgan fingerprint density at radius 3 is 2.23 bits per heavy atom. The molecule has 0 aromatic heterocycles. The molecule has 0 bridgehead atoms. The van der Waals surface area contributed by atoms with Crippen LogP contribution < -0.4 is 9.62 Å². The molecule has 0 radical (unpaired) electrons. The largest absolute Gasteiger partial charge is 0.478 e. The molecule has 2 N–H and O–H groups in total. The molecule has 3 aromatic carbocycles. The first kappa shape index (κ1) is 22.4. The van der Waals surface area contributed by atoms with Crippen molar-refractivity contribution in [3.05, 3.63) is 89.5 Å². The van der Waals surface area contributed by atoms with Gasteiger partial charge < -0.3 is 10.0 Å². The Morgan fingerprint density at radius 2 is 1.65 bits per heavy atom. The molecule has 0 saturated heterocycles. The van der Waals surface area contributed by atoms with E-state index in [-0.39, 0.29) is 16.1 Å². The lowest BCUT2D eigenvalue weighted by atomic mass is 10.0. The minimum atomic E-state index is -3.84. The summed E-state index contributed by atoms with van der Waals surface area (Å²) in [6.07, 6.45) is 0. The van der Waals surface area contributed by atoms with Gasteiger partial charge in [-0.2, -0.15) is 0 Å². The molecule has 0 heterocycles. The number of hydrogen-bond acceptors (Lipinski definition) is 4. The second kappa shape index (κ2) is 9.22. The maximum Gasteiger partial charge on any atom is 0.337 e. The first-order valence-corrected chi connectivity index (χ1v) is 11.4. The minimum Gasteiger partial charge on any atom is -0.478 e. The van der Waals surface area contributed by atoms with Gasteiger partial charge in [0.05, 0.1) is 16.1 Å². The van der Waals surface area contributed by atoms with Crippen LogP contribution in [0.4, 0.5) is 11.4 Å². The smallest absolute Gasteiger partial charge is 0.337 e. The molecule has 0 unspecified atom stereocenters. The van der Waals surface area contributed by atoms with E-state index in [1.54, 1.807) is 43.4 Å². The SMILES string of the molecule is CC(C)c1ccc(S(=O)(=O)Nc2ccc(N(C)Cc3ccccc3)c(C(=O)O)c2)cc1. The van der Waals surface area contributed by atoms with E-state index in [0.29, 0.717) is 18.2 Å². The van der Waals surface area contributed by atoms with E-state index in [1.165, 1.54) is 6.07 Å². The van der Waals surface area contributed by atoms with Crippen molar-refractivity contribution in [1.29, 1.82) is 0 Å². The quantitative estimate of drug-likeness (QED) is 0.520. The molecule has 0 spiro atoms. The fourth-order valence-corrected chi connectivity index (χ4v) is 4.34. The Kier molecular flexibility index (Phi) is 6.65. The monoisotopic (exact) mass is 438 g/mol. The van der Waals surface area contributed by atoms with Crippen molar-refractivity contribution in [2.75, 3.05) is 16.7 Å². The number of nitrogens with one attached hydrogen (secondary N) is 1. The average molecular weight is 439 g/mol. The van der Waals surface area contributed by atoms with Crippen LogP contribution in [0.25, 0.3) is 0 Å². The molecule has 7 heteroatoms. The number of rotatable bonds is 8. The van der Waals surface area contributed by atoms with Gasteiger partial charge in [-0.15, -0.1) is 0 Å². The molecule has 0 amide bonds. The van der Waals surface area contributed by atoms with Gasteiger partial charge in [-0.05, 0) is 47.4 Å². The second-order valence-corrected chi connectivity index (χ2v) is 9.39. The summed E-state index contributed by atoms with van der Waals surface area (Å²) in [7, 11) is -2.04. The molecule has 0 atom stereocenters. The van der Waals surface area contributed by atoms with Crippen LogP contribution in [0.2, 0.25) is 0 Å². The molecule has 0 saturated carbocycles. The van der Waals surface area contributed by atoms with Gasteiger partial charge in [0.2, 0.25) is 0 Å². The highest BCUT2D eigenvalue weighted by molar-refractivity contribution is 7.92. The van der Waals surface area contributed by atoms with Gasteiger partial charge in [0.15, 0.2) is 0 Å². The number of anilines is 2. The number of carboxylic acid groups (broad SMARTS) is 1. The molecular formula is C24H26N2O4S. The van der Waals surface area contributed by atoms with E-state index in [9.17, 15) is 18.3 Å². The predicted molar refractivity (Wildman–Crippen MR) is 123 cm³/mol. The van der Waals surface area contributed by atoms with E-state index in [0.717, 1.165) is 11.1 Å². The Bertz CT molecular complexity index is 1160. The minimum absolute atomic E-state index is 0.0220. The highest BCUT2D eigenvalue weighted by Crippen LogP contribution is 2.27. The van der Waals surface area contributed by atoms with Crippen LogP contribution in [0.15, 0.2) is 77.7 Å². The highest BCUT2D eigenvalue weighted by atomic mass is 32.2.